The molecule has 154 valence electrons. The van der Waals surface area contributed by atoms with Crippen molar-refractivity contribution in [3.63, 3.8) is 0 Å². The maximum Gasteiger partial charge on any atom is 0.412 e. The number of amides is 1. The molecule has 26 heavy (non-hydrogen) atoms. The molecule has 0 aromatic rings. The van der Waals surface area contributed by atoms with E-state index in [4.69, 9.17) is 13.3 Å². The lowest BCUT2D eigenvalue weighted by molar-refractivity contribution is -0.0896. The minimum absolute atomic E-state index is 0.0744. The summed E-state index contributed by atoms with van der Waals surface area (Å²) in [5.74, 6) is 0.130. The average Bonchev–Trinajstić information content (AvgIpc) is 2.73. The first kappa shape index (κ1) is 23.4. The highest BCUT2D eigenvalue weighted by molar-refractivity contribution is 7.85. The van der Waals surface area contributed by atoms with Gasteiger partial charge in [-0.3, -0.25) is 9.08 Å². The highest BCUT2D eigenvalue weighted by atomic mass is 32.2. The van der Waals surface area contributed by atoms with E-state index in [1.807, 2.05) is 13.1 Å². The van der Waals surface area contributed by atoms with Crippen molar-refractivity contribution in [2.45, 2.75) is 72.4 Å². The van der Waals surface area contributed by atoms with Gasteiger partial charge in [0.15, 0.2) is 14.8 Å². The van der Waals surface area contributed by atoms with Gasteiger partial charge in [-0.2, -0.15) is 8.42 Å². The quantitative estimate of drug-likeness (QED) is 0.513. The van der Waals surface area contributed by atoms with Crippen molar-refractivity contribution >= 4 is 25.3 Å². The van der Waals surface area contributed by atoms with Gasteiger partial charge in [0.25, 0.3) is 10.1 Å². The van der Waals surface area contributed by atoms with Gasteiger partial charge in [-0.25, -0.2) is 4.79 Å². The van der Waals surface area contributed by atoms with Crippen molar-refractivity contribution < 1.29 is 26.6 Å². The molecular weight excluding hydrogens is 374 g/mol. The fourth-order valence-electron chi connectivity index (χ4n) is 3.00. The first-order valence-electron chi connectivity index (χ1n) is 8.98. The Hall–Kier alpha value is -0.643. The van der Waals surface area contributed by atoms with Crippen LogP contribution in [0.15, 0.2) is 0 Å². The molecule has 0 spiro atoms. The average molecular weight is 410 g/mol. The number of ether oxygens (including phenoxy) is 1. The fraction of sp³-hybridized carbons (Fsp3) is 0.941. The van der Waals surface area contributed by atoms with Crippen molar-refractivity contribution in [2.75, 3.05) is 19.4 Å². The Labute approximate surface area is 160 Å². The third-order valence-corrected chi connectivity index (χ3v) is 5.71. The van der Waals surface area contributed by atoms with E-state index < -0.39 is 36.6 Å². The van der Waals surface area contributed by atoms with Crippen LogP contribution in [0.3, 0.4) is 0 Å². The molecule has 0 N–H and O–H groups in total. The van der Waals surface area contributed by atoms with Gasteiger partial charge < -0.3 is 9.16 Å². The largest absolute Gasteiger partial charge is 0.444 e. The van der Waals surface area contributed by atoms with Crippen LogP contribution in [0.25, 0.3) is 0 Å². The molecular formula is C17H35NO6SSi. The summed E-state index contributed by atoms with van der Waals surface area (Å²) in [4.78, 5) is 14.4. The van der Waals surface area contributed by atoms with E-state index in [-0.39, 0.29) is 17.9 Å². The van der Waals surface area contributed by atoms with Crippen LogP contribution in [0.1, 0.15) is 48.0 Å². The number of nitrogens with zero attached hydrogens (tertiary/aromatic N) is 1. The number of carbonyl (C=O) groups excluding carboxylic acids is 1. The molecule has 1 fully saturated rings. The van der Waals surface area contributed by atoms with Crippen LogP contribution in [0.2, 0.25) is 13.1 Å². The summed E-state index contributed by atoms with van der Waals surface area (Å²) in [7, 11) is -5.28. The van der Waals surface area contributed by atoms with Crippen molar-refractivity contribution in [1.82, 2.24) is 4.90 Å². The predicted octanol–water partition coefficient (Wildman–Crippen LogP) is 2.96. The molecule has 1 saturated heterocycles. The highest BCUT2D eigenvalue weighted by Crippen LogP contribution is 2.44. The molecule has 9 heteroatoms. The molecule has 0 bridgehead atoms. The SMILES string of the molecule is C[SiH](C)O[C@]1(COS(C)(=O)=O)C[C@H](C(C)(C)C)CN1C(=O)OC(C)(C)C. The van der Waals surface area contributed by atoms with E-state index in [1.54, 1.807) is 20.8 Å². The monoisotopic (exact) mass is 409 g/mol. The summed E-state index contributed by atoms with van der Waals surface area (Å²) in [6.07, 6.45) is 1.01. The second-order valence-electron chi connectivity index (χ2n) is 9.44. The summed E-state index contributed by atoms with van der Waals surface area (Å²) in [5.41, 5.74) is -1.85. The minimum Gasteiger partial charge on any atom is -0.444 e. The van der Waals surface area contributed by atoms with Gasteiger partial charge in [0, 0.05) is 13.0 Å². The van der Waals surface area contributed by atoms with Crippen LogP contribution >= 0.6 is 0 Å². The van der Waals surface area contributed by atoms with Crippen molar-refractivity contribution in [3.8, 4) is 0 Å². The van der Waals surface area contributed by atoms with Crippen LogP contribution in [-0.2, 0) is 23.5 Å². The summed E-state index contributed by atoms with van der Waals surface area (Å²) < 4.78 is 40.1. The van der Waals surface area contributed by atoms with Gasteiger partial charge in [0.05, 0.1) is 6.26 Å². The van der Waals surface area contributed by atoms with E-state index in [2.05, 4.69) is 20.8 Å². The molecule has 0 radical (unpaired) electrons. The Kier molecular flexibility index (Phi) is 6.99. The van der Waals surface area contributed by atoms with Crippen molar-refractivity contribution in [3.05, 3.63) is 0 Å². The normalized spacial score (nSPS) is 25.0. The first-order valence-corrected chi connectivity index (χ1v) is 13.6. The predicted molar refractivity (Wildman–Crippen MR) is 104 cm³/mol. The Balaban J connectivity index is 3.28. The Morgan fingerprint density at radius 3 is 2.12 bits per heavy atom. The minimum atomic E-state index is -3.67. The molecule has 2 atom stereocenters. The lowest BCUT2D eigenvalue weighted by Crippen LogP contribution is -2.55. The molecule has 0 aromatic heterocycles. The van der Waals surface area contributed by atoms with Gasteiger partial charge in [-0.05, 0) is 45.2 Å². The molecule has 7 nitrogen and oxygen atoms in total. The number of carbonyl (C=O) groups is 1. The van der Waals surface area contributed by atoms with Crippen LogP contribution in [0.5, 0.6) is 0 Å². The maximum atomic E-state index is 12.9. The summed E-state index contributed by atoms with van der Waals surface area (Å²) >= 11 is 0. The lowest BCUT2D eigenvalue weighted by atomic mass is 9.79. The van der Waals surface area contributed by atoms with Crippen LogP contribution < -0.4 is 0 Å². The summed E-state index contributed by atoms with van der Waals surface area (Å²) in [6, 6.07) is 0. The molecule has 0 unspecified atom stereocenters. The number of likely N-dealkylation sites (tertiary alicyclic amines) is 1. The van der Waals surface area contributed by atoms with E-state index >= 15 is 0 Å². The molecule has 1 aliphatic heterocycles. The molecule has 0 aromatic carbocycles. The zero-order valence-electron chi connectivity index (χ0n) is 17.6. The Bertz CT molecular complexity index is 608. The molecule has 1 aliphatic rings. The highest BCUT2D eigenvalue weighted by Gasteiger charge is 2.53. The molecule has 1 amide bonds. The lowest BCUT2D eigenvalue weighted by Gasteiger charge is -2.39. The van der Waals surface area contributed by atoms with Gasteiger partial charge in [0.2, 0.25) is 0 Å². The smallest absolute Gasteiger partial charge is 0.412 e. The molecule has 0 saturated carbocycles. The van der Waals surface area contributed by atoms with E-state index in [9.17, 15) is 13.2 Å². The standard InChI is InChI=1S/C17H35NO6SSi/c1-15(2,3)13-10-17(24-26(8)9,12-22-25(7,20)21)18(11-13)14(19)23-16(4,5)6/h13,26H,10-12H2,1-9H3/t13-,17-/m0/s1. The molecule has 1 rings (SSSR count). The second kappa shape index (κ2) is 7.77. The van der Waals surface area contributed by atoms with Crippen molar-refractivity contribution in [2.24, 2.45) is 11.3 Å². The van der Waals surface area contributed by atoms with Crippen molar-refractivity contribution in [1.29, 1.82) is 0 Å². The van der Waals surface area contributed by atoms with Gasteiger partial charge in [-0.1, -0.05) is 20.8 Å². The molecule has 0 aliphatic carbocycles. The Morgan fingerprint density at radius 1 is 1.19 bits per heavy atom. The number of rotatable bonds is 5. The van der Waals surface area contributed by atoms with Crippen LogP contribution in [-0.4, -0.2) is 59.2 Å². The van der Waals surface area contributed by atoms with Crippen LogP contribution in [0, 0.1) is 11.3 Å². The number of hydrogen-bond donors (Lipinski definition) is 0. The third kappa shape index (κ3) is 6.83. The first-order chi connectivity index (χ1) is 11.5. The zero-order chi connectivity index (χ0) is 20.6. The Morgan fingerprint density at radius 2 is 1.73 bits per heavy atom. The van der Waals surface area contributed by atoms with E-state index in [1.165, 1.54) is 4.90 Å². The second-order valence-corrected chi connectivity index (χ2v) is 13.4. The van der Waals surface area contributed by atoms with Crippen LogP contribution in [0.4, 0.5) is 4.79 Å². The summed E-state index contributed by atoms with van der Waals surface area (Å²) in [6.45, 7) is 15.9. The summed E-state index contributed by atoms with van der Waals surface area (Å²) in [5, 5.41) is 0. The van der Waals surface area contributed by atoms with Gasteiger partial charge in [0.1, 0.15) is 12.2 Å². The topological polar surface area (TPSA) is 82.1 Å². The van der Waals surface area contributed by atoms with Gasteiger partial charge in [-0.15, -0.1) is 0 Å². The fourth-order valence-corrected chi connectivity index (χ4v) is 4.57. The van der Waals surface area contributed by atoms with E-state index in [0.717, 1.165) is 6.26 Å². The molecule has 1 heterocycles. The zero-order valence-corrected chi connectivity index (χ0v) is 19.6. The third-order valence-electron chi connectivity index (χ3n) is 4.25. The number of hydrogen-bond acceptors (Lipinski definition) is 6. The maximum absolute atomic E-state index is 12.9. The van der Waals surface area contributed by atoms with Gasteiger partial charge >= 0.3 is 6.09 Å². The van der Waals surface area contributed by atoms with E-state index in [0.29, 0.717) is 13.0 Å².